The van der Waals surface area contributed by atoms with Crippen molar-refractivity contribution in [3.63, 3.8) is 0 Å². The van der Waals surface area contributed by atoms with Crippen LogP contribution in [0.4, 0.5) is 10.1 Å². The van der Waals surface area contributed by atoms with Crippen LogP contribution in [0.1, 0.15) is 11.4 Å². The number of nitrogens with zero attached hydrogens (tertiary/aromatic N) is 2. The summed E-state index contributed by atoms with van der Waals surface area (Å²) in [4.78, 5) is 4.18. The van der Waals surface area contributed by atoms with Crippen molar-refractivity contribution in [1.82, 2.24) is 10.1 Å². The van der Waals surface area contributed by atoms with Crippen LogP contribution in [0.25, 0.3) is 11.5 Å². The van der Waals surface area contributed by atoms with Crippen molar-refractivity contribution in [3.8, 4) is 11.5 Å². The lowest BCUT2D eigenvalue weighted by Gasteiger charge is -2.06. The van der Waals surface area contributed by atoms with Crippen LogP contribution in [0.3, 0.4) is 0 Å². The van der Waals surface area contributed by atoms with Gasteiger partial charge in [-0.1, -0.05) is 41.0 Å². The SMILES string of the molecule is Cc1ccccc1NCc1noc(-c2c(F)cccc2Cl)n1. The maximum Gasteiger partial charge on any atom is 0.262 e. The molecule has 0 fully saturated rings. The molecule has 22 heavy (non-hydrogen) atoms. The predicted octanol–water partition coefficient (Wildman–Crippen LogP) is 4.45. The predicted molar refractivity (Wildman–Crippen MR) is 83.2 cm³/mol. The number of aromatic nitrogens is 2. The van der Waals surface area contributed by atoms with E-state index in [1.807, 2.05) is 31.2 Å². The van der Waals surface area contributed by atoms with Gasteiger partial charge >= 0.3 is 0 Å². The molecule has 0 aliphatic heterocycles. The maximum atomic E-state index is 13.8. The summed E-state index contributed by atoms with van der Waals surface area (Å²) < 4.78 is 18.9. The number of nitrogens with one attached hydrogen (secondary N) is 1. The third kappa shape index (κ3) is 2.94. The Kier molecular flexibility index (Phi) is 4.06. The summed E-state index contributed by atoms with van der Waals surface area (Å²) in [6.45, 7) is 2.38. The minimum absolute atomic E-state index is 0.0738. The molecule has 3 rings (SSSR count). The van der Waals surface area contributed by atoms with Gasteiger partial charge in [0, 0.05) is 5.69 Å². The Hall–Kier alpha value is -2.40. The number of rotatable bonds is 4. The molecule has 0 spiro atoms. The van der Waals surface area contributed by atoms with Crippen LogP contribution in [0.15, 0.2) is 47.0 Å². The standard InChI is InChI=1S/C16H13ClFN3O/c1-10-5-2-3-8-13(10)19-9-14-20-16(22-21-14)15-11(17)6-4-7-12(15)18/h2-8,19H,9H2,1H3. The van der Waals surface area contributed by atoms with Crippen molar-refractivity contribution in [2.75, 3.05) is 5.32 Å². The second kappa shape index (κ2) is 6.15. The Morgan fingerprint density at radius 1 is 1.18 bits per heavy atom. The molecule has 4 nitrogen and oxygen atoms in total. The van der Waals surface area contributed by atoms with E-state index in [0.717, 1.165) is 11.3 Å². The summed E-state index contributed by atoms with van der Waals surface area (Å²) in [5.74, 6) is 0.0109. The van der Waals surface area contributed by atoms with Crippen molar-refractivity contribution < 1.29 is 8.91 Å². The fourth-order valence-electron chi connectivity index (χ4n) is 2.07. The Morgan fingerprint density at radius 2 is 2.00 bits per heavy atom. The molecule has 0 aliphatic rings. The molecule has 0 bridgehead atoms. The third-order valence-corrected chi connectivity index (χ3v) is 3.54. The van der Waals surface area contributed by atoms with E-state index in [-0.39, 0.29) is 16.5 Å². The fourth-order valence-corrected chi connectivity index (χ4v) is 2.32. The average molecular weight is 318 g/mol. The highest BCUT2D eigenvalue weighted by Gasteiger charge is 2.16. The maximum absolute atomic E-state index is 13.8. The summed E-state index contributed by atoms with van der Waals surface area (Å²) in [7, 11) is 0. The van der Waals surface area contributed by atoms with Gasteiger partial charge in [-0.15, -0.1) is 0 Å². The second-order valence-corrected chi connectivity index (χ2v) is 5.19. The first kappa shape index (κ1) is 14.5. The third-order valence-electron chi connectivity index (χ3n) is 3.23. The van der Waals surface area contributed by atoms with Gasteiger partial charge in [0.25, 0.3) is 5.89 Å². The number of halogens is 2. The quantitative estimate of drug-likeness (QED) is 0.772. The highest BCUT2D eigenvalue weighted by Crippen LogP contribution is 2.29. The summed E-state index contributed by atoms with van der Waals surface area (Å²) in [6.07, 6.45) is 0. The molecular weight excluding hydrogens is 305 g/mol. The van der Waals surface area contributed by atoms with Crippen molar-refractivity contribution in [2.24, 2.45) is 0 Å². The molecule has 1 heterocycles. The molecule has 0 atom stereocenters. The van der Waals surface area contributed by atoms with Crippen LogP contribution in [-0.2, 0) is 6.54 Å². The van der Waals surface area contributed by atoms with Crippen molar-refractivity contribution in [2.45, 2.75) is 13.5 Å². The normalized spacial score (nSPS) is 10.7. The fraction of sp³-hybridized carbons (Fsp3) is 0.125. The summed E-state index contributed by atoms with van der Waals surface area (Å²) in [6, 6.07) is 12.3. The number of para-hydroxylation sites is 1. The van der Waals surface area contributed by atoms with Gasteiger partial charge < -0.3 is 9.84 Å². The zero-order valence-electron chi connectivity index (χ0n) is 11.8. The first-order chi connectivity index (χ1) is 10.6. The van der Waals surface area contributed by atoms with E-state index in [0.29, 0.717) is 12.4 Å². The van der Waals surface area contributed by atoms with Gasteiger partial charge in [-0.05, 0) is 30.7 Å². The Balaban J connectivity index is 1.79. The number of hydrogen-bond donors (Lipinski definition) is 1. The monoisotopic (exact) mass is 317 g/mol. The number of hydrogen-bond acceptors (Lipinski definition) is 4. The molecule has 0 saturated heterocycles. The van der Waals surface area contributed by atoms with Crippen LogP contribution in [0, 0.1) is 12.7 Å². The van der Waals surface area contributed by atoms with E-state index >= 15 is 0 Å². The van der Waals surface area contributed by atoms with Gasteiger partial charge in [0.1, 0.15) is 5.82 Å². The zero-order valence-corrected chi connectivity index (χ0v) is 12.6. The van der Waals surface area contributed by atoms with E-state index in [1.165, 1.54) is 12.1 Å². The van der Waals surface area contributed by atoms with E-state index < -0.39 is 5.82 Å². The van der Waals surface area contributed by atoms with Gasteiger partial charge in [0.15, 0.2) is 5.82 Å². The highest BCUT2D eigenvalue weighted by molar-refractivity contribution is 6.33. The van der Waals surface area contributed by atoms with E-state index in [2.05, 4.69) is 15.5 Å². The molecule has 112 valence electrons. The lowest BCUT2D eigenvalue weighted by atomic mass is 10.2. The Morgan fingerprint density at radius 3 is 2.77 bits per heavy atom. The molecule has 1 N–H and O–H groups in total. The van der Waals surface area contributed by atoms with Crippen LogP contribution in [-0.4, -0.2) is 10.1 Å². The van der Waals surface area contributed by atoms with Crippen LogP contribution >= 0.6 is 11.6 Å². The lowest BCUT2D eigenvalue weighted by molar-refractivity contribution is 0.421. The van der Waals surface area contributed by atoms with Crippen molar-refractivity contribution in [3.05, 3.63) is 64.7 Å². The summed E-state index contributed by atoms with van der Waals surface area (Å²) in [5.41, 5.74) is 2.22. The summed E-state index contributed by atoms with van der Waals surface area (Å²) in [5, 5.41) is 7.30. The molecular formula is C16H13ClFN3O. The highest BCUT2D eigenvalue weighted by atomic mass is 35.5. The molecule has 6 heteroatoms. The Bertz CT molecular complexity index is 783. The first-order valence-electron chi connectivity index (χ1n) is 6.71. The molecule has 0 aliphatic carbocycles. The molecule has 2 aromatic carbocycles. The largest absolute Gasteiger partial charge is 0.377 e. The number of benzene rings is 2. The minimum atomic E-state index is -0.491. The molecule has 0 amide bonds. The van der Waals surface area contributed by atoms with Crippen molar-refractivity contribution >= 4 is 17.3 Å². The molecule has 3 aromatic rings. The minimum Gasteiger partial charge on any atom is -0.377 e. The second-order valence-electron chi connectivity index (χ2n) is 4.78. The van der Waals surface area contributed by atoms with Crippen LogP contribution in [0.5, 0.6) is 0 Å². The molecule has 0 radical (unpaired) electrons. The van der Waals surface area contributed by atoms with Gasteiger partial charge in [-0.3, -0.25) is 0 Å². The molecule has 0 saturated carbocycles. The first-order valence-corrected chi connectivity index (χ1v) is 7.09. The van der Waals surface area contributed by atoms with Gasteiger partial charge in [-0.25, -0.2) is 4.39 Å². The van der Waals surface area contributed by atoms with Gasteiger partial charge in [0.2, 0.25) is 0 Å². The Labute approximate surface area is 131 Å². The molecule has 1 aromatic heterocycles. The van der Waals surface area contributed by atoms with Crippen molar-refractivity contribution in [1.29, 1.82) is 0 Å². The van der Waals surface area contributed by atoms with Gasteiger partial charge in [0.05, 0.1) is 17.1 Å². The topological polar surface area (TPSA) is 51.0 Å². The zero-order chi connectivity index (χ0) is 15.5. The smallest absolute Gasteiger partial charge is 0.262 e. The molecule has 0 unspecified atom stereocenters. The van der Waals surface area contributed by atoms with E-state index in [1.54, 1.807) is 6.07 Å². The average Bonchev–Trinajstić information content (AvgIpc) is 2.95. The number of aryl methyl sites for hydroxylation is 1. The number of anilines is 1. The van der Waals surface area contributed by atoms with E-state index in [9.17, 15) is 4.39 Å². The summed E-state index contributed by atoms with van der Waals surface area (Å²) >= 11 is 5.98. The lowest BCUT2D eigenvalue weighted by Crippen LogP contribution is -2.02. The van der Waals surface area contributed by atoms with Crippen LogP contribution in [0.2, 0.25) is 5.02 Å². The van der Waals surface area contributed by atoms with Gasteiger partial charge in [-0.2, -0.15) is 4.98 Å². The van der Waals surface area contributed by atoms with Crippen LogP contribution < -0.4 is 5.32 Å². The van der Waals surface area contributed by atoms with E-state index in [4.69, 9.17) is 16.1 Å².